The number of aromatic amines is 1. The third-order valence-corrected chi connectivity index (χ3v) is 2.90. The zero-order chi connectivity index (χ0) is 14.5. The van der Waals surface area contributed by atoms with Gasteiger partial charge in [0.05, 0.1) is 10.9 Å². The third kappa shape index (κ3) is 2.77. The van der Waals surface area contributed by atoms with Gasteiger partial charge < -0.3 is 4.98 Å². The molecule has 0 aliphatic rings. The maximum atomic E-state index is 12.0. The smallest absolute Gasteiger partial charge is 0.259 e. The summed E-state index contributed by atoms with van der Waals surface area (Å²) in [6, 6.07) is 15.3. The molecule has 0 aliphatic carbocycles. The number of fused-ring (bicyclic) bond motifs is 1. The molecule has 0 radical (unpaired) electrons. The minimum atomic E-state index is -0.0999. The Hall–Kier alpha value is -2.42. The summed E-state index contributed by atoms with van der Waals surface area (Å²) in [6.07, 6.45) is 0. The molecule has 0 spiro atoms. The average Bonchev–Trinajstić information content (AvgIpc) is 2.49. The molecular formula is C17H18N2O. The van der Waals surface area contributed by atoms with Crippen molar-refractivity contribution in [1.82, 2.24) is 9.97 Å². The highest BCUT2D eigenvalue weighted by Crippen LogP contribution is 2.17. The Labute approximate surface area is 118 Å². The first-order valence-corrected chi connectivity index (χ1v) is 6.80. The van der Waals surface area contributed by atoms with E-state index in [1.807, 2.05) is 63.2 Å². The van der Waals surface area contributed by atoms with Gasteiger partial charge in [0.25, 0.3) is 5.56 Å². The van der Waals surface area contributed by atoms with Gasteiger partial charge in [-0.15, -0.1) is 0 Å². The molecule has 1 aromatic heterocycles. The molecule has 0 saturated carbocycles. The van der Waals surface area contributed by atoms with Crippen LogP contribution in [0.5, 0.6) is 0 Å². The normalized spacial score (nSPS) is 9.95. The second-order valence-corrected chi connectivity index (χ2v) is 4.30. The highest BCUT2D eigenvalue weighted by atomic mass is 16.1. The molecule has 0 unspecified atom stereocenters. The predicted octanol–water partition coefficient (Wildman–Crippen LogP) is 3.92. The van der Waals surface area contributed by atoms with Gasteiger partial charge in [0.15, 0.2) is 0 Å². The van der Waals surface area contributed by atoms with Gasteiger partial charge in [0, 0.05) is 5.56 Å². The molecule has 3 aromatic rings. The van der Waals surface area contributed by atoms with Crippen LogP contribution in [0.15, 0.2) is 53.3 Å². The molecule has 102 valence electrons. The van der Waals surface area contributed by atoms with Gasteiger partial charge in [0.1, 0.15) is 5.82 Å². The van der Waals surface area contributed by atoms with Crippen molar-refractivity contribution < 1.29 is 0 Å². The van der Waals surface area contributed by atoms with E-state index in [9.17, 15) is 4.79 Å². The first-order chi connectivity index (χ1) is 9.74. The minimum Gasteiger partial charge on any atom is -0.306 e. The first kappa shape index (κ1) is 14.0. The van der Waals surface area contributed by atoms with E-state index in [1.54, 1.807) is 6.07 Å². The number of nitrogens with zero attached hydrogens (tertiary/aromatic N) is 1. The molecule has 3 nitrogen and oxygen atoms in total. The molecular weight excluding hydrogens is 248 g/mol. The summed E-state index contributed by atoms with van der Waals surface area (Å²) in [4.78, 5) is 19.3. The predicted molar refractivity (Wildman–Crippen MR) is 83.9 cm³/mol. The summed E-state index contributed by atoms with van der Waals surface area (Å²) in [5, 5.41) is 0.619. The van der Waals surface area contributed by atoms with E-state index < -0.39 is 0 Å². The van der Waals surface area contributed by atoms with Crippen LogP contribution in [0.3, 0.4) is 0 Å². The number of H-pyrrole nitrogens is 1. The number of benzene rings is 2. The van der Waals surface area contributed by atoms with Crippen molar-refractivity contribution in [3.8, 4) is 11.4 Å². The van der Waals surface area contributed by atoms with Crippen molar-refractivity contribution in [2.24, 2.45) is 0 Å². The van der Waals surface area contributed by atoms with Crippen molar-refractivity contribution in [1.29, 1.82) is 0 Å². The van der Waals surface area contributed by atoms with Crippen LogP contribution in [-0.2, 0) is 0 Å². The quantitative estimate of drug-likeness (QED) is 0.725. The van der Waals surface area contributed by atoms with Crippen molar-refractivity contribution in [3.63, 3.8) is 0 Å². The van der Waals surface area contributed by atoms with E-state index in [1.165, 1.54) is 0 Å². The van der Waals surface area contributed by atoms with Gasteiger partial charge in [-0.2, -0.15) is 0 Å². The van der Waals surface area contributed by atoms with E-state index in [0.29, 0.717) is 11.2 Å². The van der Waals surface area contributed by atoms with Gasteiger partial charge in [-0.25, -0.2) is 4.98 Å². The Morgan fingerprint density at radius 1 is 1.00 bits per heavy atom. The van der Waals surface area contributed by atoms with Crippen molar-refractivity contribution in [3.05, 3.63) is 64.4 Å². The van der Waals surface area contributed by atoms with Crippen molar-refractivity contribution in [2.75, 3.05) is 0 Å². The lowest BCUT2D eigenvalue weighted by molar-refractivity contribution is 1.18. The summed E-state index contributed by atoms with van der Waals surface area (Å²) >= 11 is 0. The van der Waals surface area contributed by atoms with Gasteiger partial charge in [-0.1, -0.05) is 49.7 Å². The fourth-order valence-corrected chi connectivity index (χ4v) is 2.02. The molecule has 20 heavy (non-hydrogen) atoms. The Balaban J connectivity index is 0.000000704. The van der Waals surface area contributed by atoms with E-state index in [4.69, 9.17) is 0 Å². The molecule has 0 aliphatic heterocycles. The standard InChI is InChI=1S/C15H12N2O.C2H6/c1-10-5-4-6-11(9-10)14-16-13-8-3-2-7-12(13)15(18)17-14;1-2/h2-9H,1H3,(H,16,17,18);1-2H3. The summed E-state index contributed by atoms with van der Waals surface area (Å²) in [6.45, 7) is 6.02. The molecule has 0 fully saturated rings. The number of rotatable bonds is 1. The largest absolute Gasteiger partial charge is 0.306 e. The average molecular weight is 266 g/mol. The summed E-state index contributed by atoms with van der Waals surface area (Å²) in [5.41, 5.74) is 2.69. The monoisotopic (exact) mass is 266 g/mol. The Bertz CT molecular complexity index is 775. The van der Waals surface area contributed by atoms with Gasteiger partial charge in [-0.3, -0.25) is 4.79 Å². The van der Waals surface area contributed by atoms with E-state index in [-0.39, 0.29) is 5.56 Å². The molecule has 0 amide bonds. The summed E-state index contributed by atoms with van der Waals surface area (Å²) in [5.74, 6) is 0.613. The lowest BCUT2D eigenvalue weighted by Crippen LogP contribution is -2.09. The van der Waals surface area contributed by atoms with Crippen LogP contribution in [0.25, 0.3) is 22.3 Å². The van der Waals surface area contributed by atoms with Crippen molar-refractivity contribution >= 4 is 10.9 Å². The van der Waals surface area contributed by atoms with Crippen molar-refractivity contribution in [2.45, 2.75) is 20.8 Å². The zero-order valence-corrected chi connectivity index (χ0v) is 12.0. The van der Waals surface area contributed by atoms with Gasteiger partial charge in [0.2, 0.25) is 0 Å². The number of aryl methyl sites for hydroxylation is 1. The molecule has 1 heterocycles. The van der Waals surface area contributed by atoms with Gasteiger partial charge in [-0.05, 0) is 25.1 Å². The third-order valence-electron chi connectivity index (χ3n) is 2.90. The number of aromatic nitrogens is 2. The second-order valence-electron chi connectivity index (χ2n) is 4.30. The van der Waals surface area contributed by atoms with Crippen LogP contribution in [0, 0.1) is 6.92 Å². The molecule has 0 atom stereocenters. The molecule has 0 bridgehead atoms. The van der Waals surface area contributed by atoms with E-state index in [0.717, 1.165) is 16.6 Å². The number of hydrogen-bond donors (Lipinski definition) is 1. The zero-order valence-electron chi connectivity index (χ0n) is 12.0. The fourth-order valence-electron chi connectivity index (χ4n) is 2.02. The number of para-hydroxylation sites is 1. The lowest BCUT2D eigenvalue weighted by Gasteiger charge is -2.03. The van der Waals surface area contributed by atoms with Gasteiger partial charge >= 0.3 is 0 Å². The maximum absolute atomic E-state index is 12.0. The highest BCUT2D eigenvalue weighted by molar-refractivity contribution is 5.79. The molecule has 1 N–H and O–H groups in total. The SMILES string of the molecule is CC.Cc1cccc(-c2nc3ccccc3c(=O)[nH]2)c1. The fraction of sp³-hybridized carbons (Fsp3) is 0.176. The van der Waals surface area contributed by atoms with Crippen LogP contribution in [0.4, 0.5) is 0 Å². The maximum Gasteiger partial charge on any atom is 0.259 e. The van der Waals surface area contributed by atoms with Crippen LogP contribution in [0.1, 0.15) is 19.4 Å². The van der Waals surface area contributed by atoms with Crippen LogP contribution in [-0.4, -0.2) is 9.97 Å². The second kappa shape index (κ2) is 6.15. The Kier molecular flexibility index (Phi) is 4.31. The summed E-state index contributed by atoms with van der Waals surface area (Å²) < 4.78 is 0. The molecule has 3 rings (SSSR count). The summed E-state index contributed by atoms with van der Waals surface area (Å²) in [7, 11) is 0. The minimum absolute atomic E-state index is 0.0999. The van der Waals surface area contributed by atoms with Crippen LogP contribution < -0.4 is 5.56 Å². The molecule has 3 heteroatoms. The van der Waals surface area contributed by atoms with Crippen LogP contribution >= 0.6 is 0 Å². The molecule has 0 saturated heterocycles. The van der Waals surface area contributed by atoms with E-state index >= 15 is 0 Å². The van der Waals surface area contributed by atoms with E-state index in [2.05, 4.69) is 9.97 Å². The first-order valence-electron chi connectivity index (χ1n) is 6.80. The Morgan fingerprint density at radius 2 is 1.75 bits per heavy atom. The topological polar surface area (TPSA) is 45.8 Å². The number of nitrogens with one attached hydrogen (secondary N) is 1. The number of hydrogen-bond acceptors (Lipinski definition) is 2. The highest BCUT2D eigenvalue weighted by Gasteiger charge is 2.05. The lowest BCUT2D eigenvalue weighted by atomic mass is 10.1. The molecule has 2 aromatic carbocycles. The Morgan fingerprint density at radius 3 is 2.50 bits per heavy atom. The van der Waals surface area contributed by atoms with Crippen LogP contribution in [0.2, 0.25) is 0 Å².